The first kappa shape index (κ1) is 28.4. The highest BCUT2D eigenvalue weighted by Crippen LogP contribution is 2.25. The van der Waals surface area contributed by atoms with Crippen molar-refractivity contribution in [3.8, 4) is 0 Å². The summed E-state index contributed by atoms with van der Waals surface area (Å²) in [6.07, 6.45) is 0.397. The van der Waals surface area contributed by atoms with Crippen molar-refractivity contribution < 1.29 is 9.59 Å². The molecule has 1 N–H and O–H groups in total. The lowest BCUT2D eigenvalue weighted by Gasteiger charge is -2.32. The molecule has 8 heteroatoms. The maximum absolute atomic E-state index is 13.6. The second kappa shape index (κ2) is 13.9. The van der Waals surface area contributed by atoms with Crippen LogP contribution in [0, 0.1) is 0 Å². The zero-order valence-corrected chi connectivity index (χ0v) is 23.3. The molecule has 0 heterocycles. The molecule has 0 saturated carbocycles. The third-order valence-corrected chi connectivity index (χ3v) is 7.43. The van der Waals surface area contributed by atoms with Crippen LogP contribution in [-0.4, -0.2) is 34.6 Å². The van der Waals surface area contributed by atoms with Crippen molar-refractivity contribution in [2.24, 2.45) is 0 Å². The molecule has 0 spiro atoms. The molecule has 3 aromatic carbocycles. The molecule has 2 amide bonds. The second-order valence-corrected chi connectivity index (χ2v) is 11.0. The number of hydrogen-bond donors (Lipinski definition) is 1. The van der Waals surface area contributed by atoms with E-state index in [4.69, 9.17) is 34.8 Å². The van der Waals surface area contributed by atoms with Crippen LogP contribution in [0.5, 0.6) is 0 Å². The monoisotopic (exact) mass is 562 g/mol. The molecule has 1 atom stereocenters. The van der Waals surface area contributed by atoms with Crippen LogP contribution in [0.25, 0.3) is 0 Å². The number of amides is 2. The van der Waals surface area contributed by atoms with Gasteiger partial charge in [-0.3, -0.25) is 9.59 Å². The van der Waals surface area contributed by atoms with E-state index in [1.807, 2.05) is 74.5 Å². The largest absolute Gasteiger partial charge is 0.352 e. The lowest BCUT2D eigenvalue weighted by atomic mass is 10.0. The number of carbonyl (C=O) groups is 2. The fourth-order valence-electron chi connectivity index (χ4n) is 3.69. The van der Waals surface area contributed by atoms with Crippen molar-refractivity contribution >= 4 is 58.4 Å². The van der Waals surface area contributed by atoms with Crippen LogP contribution in [0.1, 0.15) is 30.5 Å². The molecule has 4 nitrogen and oxygen atoms in total. The Balaban J connectivity index is 1.86. The van der Waals surface area contributed by atoms with Crippen LogP contribution in [0.15, 0.2) is 72.8 Å². The van der Waals surface area contributed by atoms with Crippen molar-refractivity contribution in [2.45, 2.75) is 44.6 Å². The third kappa shape index (κ3) is 8.74. The van der Waals surface area contributed by atoms with Gasteiger partial charge in [-0.25, -0.2) is 0 Å². The summed E-state index contributed by atoms with van der Waals surface area (Å²) in [5.41, 5.74) is 2.85. The number of rotatable bonds is 11. The van der Waals surface area contributed by atoms with E-state index in [0.29, 0.717) is 27.2 Å². The van der Waals surface area contributed by atoms with E-state index in [2.05, 4.69) is 5.32 Å². The fraction of sp³-hybridized carbons (Fsp3) is 0.286. The van der Waals surface area contributed by atoms with Crippen molar-refractivity contribution in [1.29, 1.82) is 0 Å². The summed E-state index contributed by atoms with van der Waals surface area (Å²) in [4.78, 5) is 28.6. The predicted molar refractivity (Wildman–Crippen MR) is 152 cm³/mol. The molecule has 0 aliphatic rings. The average molecular weight is 564 g/mol. The first-order valence-corrected chi connectivity index (χ1v) is 13.9. The Morgan fingerprint density at radius 2 is 1.53 bits per heavy atom. The van der Waals surface area contributed by atoms with Crippen molar-refractivity contribution in [3.63, 3.8) is 0 Å². The third-order valence-electron chi connectivity index (χ3n) is 5.45. The van der Waals surface area contributed by atoms with E-state index in [1.54, 1.807) is 17.0 Å². The summed E-state index contributed by atoms with van der Waals surface area (Å²) >= 11 is 19.8. The summed E-state index contributed by atoms with van der Waals surface area (Å²) in [6, 6.07) is 21.8. The van der Waals surface area contributed by atoms with Gasteiger partial charge in [-0.1, -0.05) is 83.3 Å². The molecule has 0 aliphatic carbocycles. The summed E-state index contributed by atoms with van der Waals surface area (Å²) in [5.74, 6) is 0.569. The molecule has 0 aromatic heterocycles. The topological polar surface area (TPSA) is 49.4 Å². The van der Waals surface area contributed by atoms with Crippen LogP contribution in [0.4, 0.5) is 0 Å². The van der Waals surface area contributed by atoms with Gasteiger partial charge in [0.1, 0.15) is 6.04 Å². The molecule has 3 rings (SSSR count). The van der Waals surface area contributed by atoms with Gasteiger partial charge in [0.25, 0.3) is 0 Å². The Kier molecular flexibility index (Phi) is 11.0. The number of carbonyl (C=O) groups excluding carboxylic acids is 2. The lowest BCUT2D eigenvalue weighted by Crippen LogP contribution is -2.52. The quantitative estimate of drug-likeness (QED) is 0.272. The molecule has 0 saturated heterocycles. The Hall–Kier alpha value is -2.18. The van der Waals surface area contributed by atoms with Gasteiger partial charge in [-0.15, -0.1) is 11.8 Å². The van der Waals surface area contributed by atoms with Gasteiger partial charge >= 0.3 is 0 Å². The fourth-order valence-corrected chi connectivity index (χ4v) is 5.01. The Labute approximate surface area is 232 Å². The molecule has 0 bridgehead atoms. The highest BCUT2D eigenvalue weighted by Gasteiger charge is 2.30. The molecule has 190 valence electrons. The van der Waals surface area contributed by atoms with Gasteiger partial charge in [0, 0.05) is 29.8 Å². The maximum atomic E-state index is 13.6. The van der Waals surface area contributed by atoms with Crippen molar-refractivity contribution in [1.82, 2.24) is 10.2 Å². The van der Waals surface area contributed by atoms with Gasteiger partial charge < -0.3 is 10.2 Å². The number of benzene rings is 3. The van der Waals surface area contributed by atoms with Gasteiger partial charge in [0.15, 0.2) is 0 Å². The molecule has 0 fully saturated rings. The van der Waals surface area contributed by atoms with Crippen LogP contribution in [0.3, 0.4) is 0 Å². The van der Waals surface area contributed by atoms with Crippen LogP contribution >= 0.6 is 46.6 Å². The van der Waals surface area contributed by atoms with Crippen molar-refractivity contribution in [3.05, 3.63) is 105 Å². The zero-order valence-electron chi connectivity index (χ0n) is 20.2. The zero-order chi connectivity index (χ0) is 26.1. The predicted octanol–water partition coefficient (Wildman–Crippen LogP) is 7.04. The summed E-state index contributed by atoms with van der Waals surface area (Å²) in [5, 5.41) is 4.51. The molecular weight excluding hydrogens is 535 g/mol. The molecule has 0 radical (unpaired) electrons. The first-order valence-electron chi connectivity index (χ1n) is 11.6. The minimum absolute atomic E-state index is 0.0584. The number of nitrogens with one attached hydrogen (secondary N) is 1. The van der Waals surface area contributed by atoms with Crippen LogP contribution in [-0.2, 0) is 28.3 Å². The van der Waals surface area contributed by atoms with E-state index in [0.717, 1.165) is 16.7 Å². The van der Waals surface area contributed by atoms with Gasteiger partial charge in [-0.05, 0) is 54.8 Å². The molecule has 0 aliphatic heterocycles. The summed E-state index contributed by atoms with van der Waals surface area (Å²) in [6.45, 7) is 4.05. The molecule has 3 aromatic rings. The van der Waals surface area contributed by atoms with E-state index in [1.165, 1.54) is 11.8 Å². The Morgan fingerprint density at radius 1 is 0.861 bits per heavy atom. The Bertz CT molecular complexity index is 1160. The lowest BCUT2D eigenvalue weighted by molar-refractivity contribution is -0.139. The Morgan fingerprint density at radius 3 is 2.17 bits per heavy atom. The number of hydrogen-bond acceptors (Lipinski definition) is 3. The average Bonchev–Trinajstić information content (AvgIpc) is 2.85. The van der Waals surface area contributed by atoms with E-state index < -0.39 is 6.04 Å². The molecular formula is C28H29Cl3N2O2S. The normalized spacial score (nSPS) is 11.8. The minimum atomic E-state index is -0.687. The highest BCUT2D eigenvalue weighted by molar-refractivity contribution is 7.99. The first-order chi connectivity index (χ1) is 17.2. The maximum Gasteiger partial charge on any atom is 0.243 e. The van der Waals surface area contributed by atoms with Gasteiger partial charge in [0.05, 0.1) is 15.8 Å². The SMILES string of the molecule is CC(C)NC(=O)[C@H](Cc1ccccc1)N(Cc1ccc(Cl)c(Cl)c1)C(=O)CSCc1ccc(Cl)cc1. The van der Waals surface area contributed by atoms with Gasteiger partial charge in [0.2, 0.25) is 11.8 Å². The number of nitrogens with zero attached hydrogens (tertiary/aromatic N) is 1. The second-order valence-electron chi connectivity index (χ2n) is 8.76. The number of halogens is 3. The van der Waals surface area contributed by atoms with E-state index in [9.17, 15) is 9.59 Å². The van der Waals surface area contributed by atoms with E-state index in [-0.39, 0.29) is 30.2 Å². The van der Waals surface area contributed by atoms with Crippen LogP contribution < -0.4 is 5.32 Å². The van der Waals surface area contributed by atoms with Crippen molar-refractivity contribution in [2.75, 3.05) is 5.75 Å². The van der Waals surface area contributed by atoms with Crippen LogP contribution in [0.2, 0.25) is 15.1 Å². The molecule has 0 unspecified atom stereocenters. The standard InChI is InChI=1S/C28H29Cl3N2O2S/c1-19(2)32-28(35)26(15-20-6-4-3-5-7-20)33(16-22-10-13-24(30)25(31)14-22)27(34)18-36-17-21-8-11-23(29)12-9-21/h3-14,19,26H,15-18H2,1-2H3,(H,32,35)/t26-/m0/s1. The summed E-state index contributed by atoms with van der Waals surface area (Å²) in [7, 11) is 0. The summed E-state index contributed by atoms with van der Waals surface area (Å²) < 4.78 is 0. The highest BCUT2D eigenvalue weighted by atomic mass is 35.5. The van der Waals surface area contributed by atoms with Gasteiger partial charge in [-0.2, -0.15) is 0 Å². The minimum Gasteiger partial charge on any atom is -0.352 e. The number of thioether (sulfide) groups is 1. The van der Waals surface area contributed by atoms with E-state index >= 15 is 0 Å². The smallest absolute Gasteiger partial charge is 0.243 e. The molecule has 36 heavy (non-hydrogen) atoms.